The molecule has 0 saturated heterocycles. The summed E-state index contributed by atoms with van der Waals surface area (Å²) in [4.78, 5) is 0. The third kappa shape index (κ3) is 3.19. The zero-order valence-electron chi connectivity index (χ0n) is 29.5. The van der Waals surface area contributed by atoms with Crippen molar-refractivity contribution in [3.05, 3.63) is 137 Å². The summed E-state index contributed by atoms with van der Waals surface area (Å²) in [5, 5.41) is 5.61. The van der Waals surface area contributed by atoms with E-state index in [4.69, 9.17) is 0 Å². The molecule has 2 aliphatic heterocycles. The molecule has 0 unspecified atom stereocenters. The molecule has 0 radical (unpaired) electrons. The Morgan fingerprint density at radius 3 is 1.35 bits per heavy atom. The molecule has 7 aromatic carbocycles. The molecule has 0 spiro atoms. The molecule has 0 fully saturated rings. The van der Waals surface area contributed by atoms with Crippen molar-refractivity contribution in [1.29, 1.82) is 0 Å². The zero-order chi connectivity index (χ0) is 33.4. The first-order valence-electron chi connectivity index (χ1n) is 18.1. The van der Waals surface area contributed by atoms with Crippen LogP contribution in [0.5, 0.6) is 0 Å². The first-order chi connectivity index (χ1) is 23.5. The first-order valence-corrected chi connectivity index (χ1v) is 18.1. The van der Waals surface area contributed by atoms with Gasteiger partial charge < -0.3 is 0 Å². The molecule has 2 aliphatic carbocycles. The molecule has 0 aromatic heterocycles. The van der Waals surface area contributed by atoms with Crippen molar-refractivity contribution >= 4 is 44.6 Å². The molecule has 0 amide bonds. The van der Waals surface area contributed by atoms with Crippen LogP contribution in [0, 0.1) is 0 Å². The van der Waals surface area contributed by atoms with Gasteiger partial charge in [-0.25, -0.2) is 0 Å². The van der Waals surface area contributed by atoms with Crippen molar-refractivity contribution in [1.82, 2.24) is 0 Å². The van der Waals surface area contributed by atoms with Crippen LogP contribution in [0.4, 0.5) is 0 Å². The second kappa shape index (κ2) is 8.64. The summed E-state index contributed by atoms with van der Waals surface area (Å²) in [6.07, 6.45) is 0. The van der Waals surface area contributed by atoms with E-state index < -0.39 is 0 Å². The molecule has 11 rings (SSSR count). The van der Waals surface area contributed by atoms with Crippen molar-refractivity contribution in [3.63, 3.8) is 0 Å². The Balaban J connectivity index is 1.39. The predicted octanol–water partition coefficient (Wildman–Crippen LogP) is 10.4. The minimum atomic E-state index is -0.0700. The molecule has 2 heterocycles. The fraction of sp³-hybridized carbons (Fsp3) is 0.208. The van der Waals surface area contributed by atoms with E-state index in [-0.39, 0.29) is 23.0 Å². The van der Waals surface area contributed by atoms with Crippen molar-refractivity contribution in [2.24, 2.45) is 0 Å². The van der Waals surface area contributed by atoms with Gasteiger partial charge in [0, 0.05) is 10.8 Å². The van der Waals surface area contributed by atoms with E-state index in [1.54, 1.807) is 0 Å². The first kappa shape index (κ1) is 28.0. The molecule has 1 heteroatoms. The lowest BCUT2D eigenvalue weighted by molar-refractivity contribution is 0.591. The maximum atomic E-state index is 2.59. The average Bonchev–Trinajstić information content (AvgIpc) is 3.46. The minimum Gasteiger partial charge on any atom is -0.0663 e. The van der Waals surface area contributed by atoms with Crippen molar-refractivity contribution in [2.75, 3.05) is 0 Å². The second-order valence-electron chi connectivity index (χ2n) is 17.2. The summed E-state index contributed by atoms with van der Waals surface area (Å²) in [5.74, 6) is 0. The van der Waals surface area contributed by atoms with E-state index >= 15 is 0 Å². The van der Waals surface area contributed by atoms with Crippen molar-refractivity contribution in [2.45, 2.75) is 64.7 Å². The molecule has 0 nitrogen and oxygen atoms in total. The Morgan fingerprint density at radius 1 is 0.449 bits per heavy atom. The number of hydrogen-bond donors (Lipinski definition) is 0. The molecule has 0 saturated carbocycles. The Bertz CT molecular complexity index is 2520. The summed E-state index contributed by atoms with van der Waals surface area (Å²) in [6.45, 7) is 17.0. The largest absolute Gasteiger partial charge is 0.244 e. The Morgan fingerprint density at radius 2 is 0.898 bits per heavy atom. The SMILES string of the molecule is CC(C)(C)c1cc2c3c(c1)-c1c4c(cc5cccc(c15)B3c1cccc3cc5c(c-2c13)-c1ccccc1C5(C)C)C(C)(C)c1ccccc1-4. The highest BCUT2D eigenvalue weighted by atomic mass is 14.4. The van der Waals surface area contributed by atoms with Gasteiger partial charge in [0.2, 0.25) is 6.71 Å². The van der Waals surface area contributed by atoms with E-state index in [0.717, 1.165) is 0 Å². The van der Waals surface area contributed by atoms with Gasteiger partial charge in [0.25, 0.3) is 0 Å². The van der Waals surface area contributed by atoms with Gasteiger partial charge in [-0.15, -0.1) is 0 Å². The highest BCUT2D eigenvalue weighted by Crippen LogP contribution is 2.58. The van der Waals surface area contributed by atoms with E-state index in [1.807, 2.05) is 0 Å². The summed E-state index contributed by atoms with van der Waals surface area (Å²) >= 11 is 0. The van der Waals surface area contributed by atoms with E-state index in [9.17, 15) is 0 Å². The number of benzene rings is 7. The Labute approximate surface area is 289 Å². The number of hydrogen-bond acceptors (Lipinski definition) is 0. The van der Waals surface area contributed by atoms with E-state index in [1.165, 1.54) is 110 Å². The monoisotopic (exact) mass is 626 g/mol. The predicted molar refractivity (Wildman–Crippen MR) is 211 cm³/mol. The van der Waals surface area contributed by atoms with Gasteiger partial charge in [-0.05, 0) is 111 Å². The van der Waals surface area contributed by atoms with Crippen LogP contribution in [0.3, 0.4) is 0 Å². The lowest BCUT2D eigenvalue weighted by Crippen LogP contribution is -2.57. The van der Waals surface area contributed by atoms with Gasteiger partial charge in [0.05, 0.1) is 0 Å². The standard InChI is InChI=1S/C48H39B/c1-46(2,3)28-24-31-43-39-26(22-35-41(43)29-16-8-10-18-33(29)47(35,4)5)14-12-20-37(39)49-38-21-13-15-27-23-36-42(44(40(27)38)32(25-28)45(31)49)30-17-9-11-19-34(30)48(36,6)7/h8-25H,1-7H3. The molecule has 7 aromatic rings. The normalized spacial score (nSPS) is 16.3. The maximum absolute atomic E-state index is 2.59. The molecule has 4 aliphatic rings. The third-order valence-corrected chi connectivity index (χ3v) is 13.0. The van der Waals surface area contributed by atoms with Crippen LogP contribution in [0.15, 0.2) is 109 Å². The molecule has 49 heavy (non-hydrogen) atoms. The number of fused-ring (bicyclic) bond motifs is 12. The summed E-state index contributed by atoms with van der Waals surface area (Å²) in [7, 11) is 0. The smallest absolute Gasteiger partial charge is 0.0663 e. The summed E-state index contributed by atoms with van der Waals surface area (Å²) in [6, 6.07) is 42.9. The molecular weight excluding hydrogens is 587 g/mol. The quantitative estimate of drug-likeness (QED) is 0.147. The highest BCUT2D eigenvalue weighted by Gasteiger charge is 2.46. The van der Waals surface area contributed by atoms with Gasteiger partial charge in [-0.1, -0.05) is 162 Å². The number of rotatable bonds is 0. The summed E-state index contributed by atoms with van der Waals surface area (Å²) in [5.41, 5.74) is 22.9. The van der Waals surface area contributed by atoms with Crippen molar-refractivity contribution < 1.29 is 0 Å². The van der Waals surface area contributed by atoms with Crippen LogP contribution in [-0.2, 0) is 16.2 Å². The second-order valence-corrected chi connectivity index (χ2v) is 17.2. The fourth-order valence-corrected chi connectivity index (χ4v) is 10.6. The topological polar surface area (TPSA) is 0 Å². The molecule has 234 valence electrons. The lowest BCUT2D eigenvalue weighted by Gasteiger charge is -2.38. The Hall–Kier alpha value is -4.88. The average molecular weight is 627 g/mol. The van der Waals surface area contributed by atoms with Gasteiger partial charge in [-0.3, -0.25) is 0 Å². The molecule has 0 N–H and O–H groups in total. The van der Waals surface area contributed by atoms with E-state index in [2.05, 4.69) is 158 Å². The third-order valence-electron chi connectivity index (χ3n) is 13.0. The van der Waals surface area contributed by atoms with Gasteiger partial charge in [0.15, 0.2) is 0 Å². The molecule has 0 atom stereocenters. The van der Waals surface area contributed by atoms with Gasteiger partial charge in [-0.2, -0.15) is 0 Å². The van der Waals surface area contributed by atoms with Crippen LogP contribution in [0.25, 0.3) is 66.1 Å². The van der Waals surface area contributed by atoms with Crippen LogP contribution >= 0.6 is 0 Å². The van der Waals surface area contributed by atoms with Crippen LogP contribution in [-0.4, -0.2) is 6.71 Å². The molecule has 0 bridgehead atoms. The lowest BCUT2D eigenvalue weighted by atomic mass is 9.30. The molecular formula is C48H39B. The van der Waals surface area contributed by atoms with E-state index in [0.29, 0.717) is 0 Å². The van der Waals surface area contributed by atoms with Crippen LogP contribution < -0.4 is 16.4 Å². The van der Waals surface area contributed by atoms with Crippen LogP contribution in [0.2, 0.25) is 0 Å². The fourth-order valence-electron chi connectivity index (χ4n) is 10.6. The van der Waals surface area contributed by atoms with Gasteiger partial charge in [0.1, 0.15) is 0 Å². The highest BCUT2D eigenvalue weighted by molar-refractivity contribution is 7.01. The maximum Gasteiger partial charge on any atom is 0.244 e. The van der Waals surface area contributed by atoms with Crippen LogP contribution in [0.1, 0.15) is 76.3 Å². The zero-order valence-corrected chi connectivity index (χ0v) is 29.5. The van der Waals surface area contributed by atoms with Crippen molar-refractivity contribution in [3.8, 4) is 44.5 Å². The van der Waals surface area contributed by atoms with Gasteiger partial charge >= 0.3 is 0 Å². The summed E-state index contributed by atoms with van der Waals surface area (Å²) < 4.78 is 0. The minimum absolute atomic E-state index is 0.0164. The Kier molecular flexibility index (Phi) is 4.94.